The van der Waals surface area contributed by atoms with Crippen LogP contribution >= 0.6 is 0 Å². The van der Waals surface area contributed by atoms with Gasteiger partial charge in [-0.05, 0) is 44.2 Å². The molecular formula is C19H21N5O2. The first-order valence-corrected chi connectivity index (χ1v) is 8.73. The molecule has 2 N–H and O–H groups in total. The van der Waals surface area contributed by atoms with Crippen molar-refractivity contribution >= 4 is 22.5 Å². The van der Waals surface area contributed by atoms with Crippen LogP contribution in [-0.2, 0) is 0 Å². The van der Waals surface area contributed by atoms with Crippen LogP contribution in [0.4, 0.5) is 5.69 Å². The highest BCUT2D eigenvalue weighted by molar-refractivity contribution is 6.04. The molecule has 7 nitrogen and oxygen atoms in total. The fourth-order valence-corrected chi connectivity index (χ4v) is 3.08. The number of piperidine rings is 1. The zero-order chi connectivity index (χ0) is 17.9. The second-order valence-corrected chi connectivity index (χ2v) is 6.63. The Morgan fingerprint density at radius 3 is 2.85 bits per heavy atom. The van der Waals surface area contributed by atoms with Crippen molar-refractivity contribution < 1.29 is 9.53 Å². The summed E-state index contributed by atoms with van der Waals surface area (Å²) in [6, 6.07) is 9.09. The van der Waals surface area contributed by atoms with E-state index < -0.39 is 0 Å². The fourth-order valence-electron chi connectivity index (χ4n) is 3.08. The number of nitrogens with zero attached hydrogens (tertiary/aromatic N) is 3. The Balaban J connectivity index is 1.38. The highest BCUT2D eigenvalue weighted by Gasteiger charge is 2.18. The topological polar surface area (TPSA) is 83.1 Å². The molecule has 1 saturated heterocycles. The van der Waals surface area contributed by atoms with Crippen LogP contribution in [0.1, 0.15) is 23.2 Å². The molecule has 0 bridgehead atoms. The number of aromatic nitrogens is 3. The standard InChI is InChI=1S/C19H21N5O2/c1-24-8-6-16(7-9-24)26-18-5-2-13(11-20-18)19(25)22-15-3-4-17-14(10-15)12-21-23-17/h2-5,10-12,16H,6-9H2,1H3,(H,21,23)(H,22,25). The summed E-state index contributed by atoms with van der Waals surface area (Å²) in [5.74, 6) is 0.363. The normalized spacial score (nSPS) is 15.9. The number of amides is 1. The third-order valence-electron chi connectivity index (χ3n) is 4.65. The number of anilines is 1. The van der Waals surface area contributed by atoms with Gasteiger partial charge in [-0.2, -0.15) is 5.10 Å². The SMILES string of the molecule is CN1CCC(Oc2ccc(C(=O)Nc3ccc4[nH]ncc4c3)cn2)CC1. The quantitative estimate of drug-likeness (QED) is 0.755. The molecule has 1 aliphatic heterocycles. The van der Waals surface area contributed by atoms with Crippen LogP contribution in [0.15, 0.2) is 42.7 Å². The molecule has 134 valence electrons. The third-order valence-corrected chi connectivity index (χ3v) is 4.65. The van der Waals surface area contributed by atoms with Crippen LogP contribution in [0.25, 0.3) is 10.9 Å². The van der Waals surface area contributed by atoms with Crippen LogP contribution in [-0.4, -0.2) is 52.2 Å². The first-order valence-electron chi connectivity index (χ1n) is 8.73. The van der Waals surface area contributed by atoms with E-state index in [1.807, 2.05) is 18.2 Å². The molecule has 26 heavy (non-hydrogen) atoms. The van der Waals surface area contributed by atoms with Crippen molar-refractivity contribution in [1.29, 1.82) is 0 Å². The van der Waals surface area contributed by atoms with Crippen LogP contribution in [0, 0.1) is 0 Å². The minimum atomic E-state index is -0.203. The average molecular weight is 351 g/mol. The number of rotatable bonds is 4. The third kappa shape index (κ3) is 3.67. The lowest BCUT2D eigenvalue weighted by atomic mass is 10.1. The summed E-state index contributed by atoms with van der Waals surface area (Å²) in [6.07, 6.45) is 5.46. The van der Waals surface area contributed by atoms with Gasteiger partial charge in [-0.1, -0.05) is 0 Å². The molecule has 0 radical (unpaired) electrons. The van der Waals surface area contributed by atoms with Crippen molar-refractivity contribution in [3.8, 4) is 5.88 Å². The van der Waals surface area contributed by atoms with Crippen molar-refractivity contribution in [3.63, 3.8) is 0 Å². The molecule has 3 heterocycles. The number of pyridine rings is 1. The molecule has 0 unspecified atom stereocenters. The monoisotopic (exact) mass is 351 g/mol. The first kappa shape index (κ1) is 16.5. The summed E-state index contributed by atoms with van der Waals surface area (Å²) in [6.45, 7) is 2.07. The lowest BCUT2D eigenvalue weighted by Gasteiger charge is -2.28. The zero-order valence-electron chi connectivity index (χ0n) is 14.6. The van der Waals surface area contributed by atoms with Gasteiger partial charge in [-0.25, -0.2) is 4.98 Å². The smallest absolute Gasteiger partial charge is 0.257 e. The minimum Gasteiger partial charge on any atom is -0.474 e. The summed E-state index contributed by atoms with van der Waals surface area (Å²) in [5.41, 5.74) is 2.14. The van der Waals surface area contributed by atoms with Gasteiger partial charge >= 0.3 is 0 Å². The lowest BCUT2D eigenvalue weighted by Crippen LogP contribution is -2.35. The van der Waals surface area contributed by atoms with Gasteiger partial charge in [0.1, 0.15) is 6.10 Å². The molecule has 7 heteroatoms. The maximum absolute atomic E-state index is 12.4. The van der Waals surface area contributed by atoms with Crippen molar-refractivity contribution in [2.45, 2.75) is 18.9 Å². The van der Waals surface area contributed by atoms with E-state index in [1.165, 1.54) is 0 Å². The molecule has 4 rings (SSSR count). The van der Waals surface area contributed by atoms with Crippen LogP contribution in [0.2, 0.25) is 0 Å². The van der Waals surface area contributed by atoms with Crippen LogP contribution < -0.4 is 10.1 Å². The molecule has 1 fully saturated rings. The predicted molar refractivity (Wildman–Crippen MR) is 99.4 cm³/mol. The molecule has 0 saturated carbocycles. The number of nitrogens with one attached hydrogen (secondary N) is 2. The summed E-state index contributed by atoms with van der Waals surface area (Å²) in [7, 11) is 2.12. The Morgan fingerprint density at radius 2 is 2.08 bits per heavy atom. The number of likely N-dealkylation sites (tertiary alicyclic amines) is 1. The molecule has 1 aromatic carbocycles. The number of hydrogen-bond acceptors (Lipinski definition) is 5. The van der Waals surface area contributed by atoms with E-state index >= 15 is 0 Å². The number of benzene rings is 1. The predicted octanol–water partition coefficient (Wildman–Crippen LogP) is 2.68. The molecule has 1 aliphatic rings. The number of aromatic amines is 1. The highest BCUT2D eigenvalue weighted by atomic mass is 16.5. The van der Waals surface area contributed by atoms with E-state index in [-0.39, 0.29) is 12.0 Å². The van der Waals surface area contributed by atoms with Gasteiger partial charge in [0.15, 0.2) is 0 Å². The van der Waals surface area contributed by atoms with E-state index in [0.717, 1.165) is 42.5 Å². The van der Waals surface area contributed by atoms with Gasteiger partial charge in [0.2, 0.25) is 5.88 Å². The van der Waals surface area contributed by atoms with Gasteiger partial charge in [0, 0.05) is 36.4 Å². The summed E-state index contributed by atoms with van der Waals surface area (Å²) in [4.78, 5) is 19.0. The molecule has 0 atom stereocenters. The maximum Gasteiger partial charge on any atom is 0.257 e. The van der Waals surface area contributed by atoms with Crippen LogP contribution in [0.5, 0.6) is 5.88 Å². The molecule has 3 aromatic rings. The maximum atomic E-state index is 12.4. The number of fused-ring (bicyclic) bond motifs is 1. The number of carbonyl (C=O) groups excluding carboxylic acids is 1. The molecule has 2 aromatic heterocycles. The van der Waals surface area contributed by atoms with Gasteiger partial charge in [0.25, 0.3) is 5.91 Å². The van der Waals surface area contributed by atoms with Gasteiger partial charge in [-0.3, -0.25) is 9.89 Å². The summed E-state index contributed by atoms with van der Waals surface area (Å²) >= 11 is 0. The Kier molecular flexibility index (Phi) is 4.53. The molecule has 1 amide bonds. The second-order valence-electron chi connectivity index (χ2n) is 6.63. The van der Waals surface area contributed by atoms with Crippen molar-refractivity contribution in [3.05, 3.63) is 48.3 Å². The number of hydrogen-bond donors (Lipinski definition) is 2. The molecule has 0 spiro atoms. The van der Waals surface area contributed by atoms with E-state index in [2.05, 4.69) is 32.4 Å². The zero-order valence-corrected chi connectivity index (χ0v) is 14.6. The van der Waals surface area contributed by atoms with Gasteiger partial charge < -0.3 is 15.0 Å². The fraction of sp³-hybridized carbons (Fsp3) is 0.316. The number of carbonyl (C=O) groups is 1. The molecule has 0 aliphatic carbocycles. The Bertz CT molecular complexity index is 898. The van der Waals surface area contributed by atoms with E-state index in [1.54, 1.807) is 24.5 Å². The lowest BCUT2D eigenvalue weighted by molar-refractivity contribution is 0.102. The Morgan fingerprint density at radius 1 is 1.23 bits per heavy atom. The van der Waals surface area contributed by atoms with E-state index in [9.17, 15) is 4.79 Å². The Hall–Kier alpha value is -2.93. The first-order chi connectivity index (χ1) is 12.7. The van der Waals surface area contributed by atoms with E-state index in [0.29, 0.717) is 11.4 Å². The molecular weight excluding hydrogens is 330 g/mol. The minimum absolute atomic E-state index is 0.195. The van der Waals surface area contributed by atoms with E-state index in [4.69, 9.17) is 4.74 Å². The van der Waals surface area contributed by atoms with Gasteiger partial charge in [-0.15, -0.1) is 0 Å². The van der Waals surface area contributed by atoms with Gasteiger partial charge in [0.05, 0.1) is 17.3 Å². The van der Waals surface area contributed by atoms with Crippen LogP contribution in [0.3, 0.4) is 0 Å². The highest BCUT2D eigenvalue weighted by Crippen LogP contribution is 2.19. The number of H-pyrrole nitrogens is 1. The van der Waals surface area contributed by atoms with Crippen molar-refractivity contribution in [1.82, 2.24) is 20.1 Å². The Labute approximate surface area is 151 Å². The number of ether oxygens (including phenoxy) is 1. The van der Waals surface area contributed by atoms with Crippen molar-refractivity contribution in [2.24, 2.45) is 0 Å². The largest absolute Gasteiger partial charge is 0.474 e. The summed E-state index contributed by atoms with van der Waals surface area (Å²) < 4.78 is 5.92. The summed E-state index contributed by atoms with van der Waals surface area (Å²) in [5, 5.41) is 10.7. The average Bonchev–Trinajstić information content (AvgIpc) is 3.12. The second kappa shape index (κ2) is 7.13. The van der Waals surface area contributed by atoms with Crippen molar-refractivity contribution in [2.75, 3.05) is 25.5 Å².